The molecular weight excluding hydrogens is 260 g/mol. The third-order valence-electron chi connectivity index (χ3n) is 4.94. The standard InChI is InChI=1S/C19H30O2/c1-4-5-16-7-9-17(10-8-16)19(20)13-21-18-11-6-14(2)15(3)12-18/h7-10,14-15,18-20H,4-6,11-13H2,1-3H3. The number of hydrogen-bond donors (Lipinski definition) is 1. The zero-order valence-corrected chi connectivity index (χ0v) is 13.7. The van der Waals surface area contributed by atoms with Crippen molar-refractivity contribution in [1.29, 1.82) is 0 Å². The van der Waals surface area contributed by atoms with E-state index in [2.05, 4.69) is 32.9 Å². The maximum Gasteiger partial charge on any atom is 0.102 e. The molecule has 1 aromatic carbocycles. The number of benzene rings is 1. The number of ether oxygens (including phenoxy) is 1. The van der Waals surface area contributed by atoms with Crippen molar-refractivity contribution in [2.24, 2.45) is 11.8 Å². The lowest BCUT2D eigenvalue weighted by atomic mass is 9.80. The van der Waals surface area contributed by atoms with Gasteiger partial charge in [-0.25, -0.2) is 0 Å². The highest BCUT2D eigenvalue weighted by atomic mass is 16.5. The van der Waals surface area contributed by atoms with Gasteiger partial charge in [0.25, 0.3) is 0 Å². The molecule has 21 heavy (non-hydrogen) atoms. The number of aliphatic hydroxyl groups excluding tert-OH is 1. The van der Waals surface area contributed by atoms with Gasteiger partial charge in [0.05, 0.1) is 12.7 Å². The van der Waals surface area contributed by atoms with Crippen molar-refractivity contribution in [3.05, 3.63) is 35.4 Å². The van der Waals surface area contributed by atoms with E-state index in [1.165, 1.54) is 12.0 Å². The Morgan fingerprint density at radius 2 is 1.86 bits per heavy atom. The lowest BCUT2D eigenvalue weighted by molar-refractivity contribution is -0.0397. The Labute approximate surface area is 129 Å². The zero-order chi connectivity index (χ0) is 15.2. The van der Waals surface area contributed by atoms with Gasteiger partial charge < -0.3 is 9.84 Å². The molecule has 118 valence electrons. The second-order valence-corrected chi connectivity index (χ2v) is 6.73. The first-order chi connectivity index (χ1) is 10.1. The van der Waals surface area contributed by atoms with Gasteiger partial charge in [0, 0.05) is 0 Å². The van der Waals surface area contributed by atoms with Gasteiger partial charge >= 0.3 is 0 Å². The van der Waals surface area contributed by atoms with E-state index in [1.807, 2.05) is 12.1 Å². The molecule has 0 bridgehead atoms. The molecule has 2 heteroatoms. The van der Waals surface area contributed by atoms with Crippen molar-refractivity contribution >= 4 is 0 Å². The molecule has 2 nitrogen and oxygen atoms in total. The van der Waals surface area contributed by atoms with E-state index < -0.39 is 6.10 Å². The molecule has 0 radical (unpaired) electrons. The quantitative estimate of drug-likeness (QED) is 0.835. The summed E-state index contributed by atoms with van der Waals surface area (Å²) >= 11 is 0. The van der Waals surface area contributed by atoms with Crippen LogP contribution in [0.15, 0.2) is 24.3 Å². The molecule has 1 aliphatic carbocycles. The van der Waals surface area contributed by atoms with Crippen LogP contribution in [0.5, 0.6) is 0 Å². The van der Waals surface area contributed by atoms with Crippen LogP contribution in [0.2, 0.25) is 0 Å². The molecular formula is C19H30O2. The Bertz CT molecular complexity index is 412. The fraction of sp³-hybridized carbons (Fsp3) is 0.684. The molecule has 0 spiro atoms. The van der Waals surface area contributed by atoms with Crippen LogP contribution >= 0.6 is 0 Å². The highest BCUT2D eigenvalue weighted by Crippen LogP contribution is 2.31. The van der Waals surface area contributed by atoms with E-state index in [-0.39, 0.29) is 0 Å². The maximum atomic E-state index is 10.3. The van der Waals surface area contributed by atoms with E-state index in [4.69, 9.17) is 4.74 Å². The van der Waals surface area contributed by atoms with Gasteiger partial charge in [0.1, 0.15) is 6.10 Å². The highest BCUT2D eigenvalue weighted by molar-refractivity contribution is 5.24. The second kappa shape index (κ2) is 7.95. The number of rotatable bonds is 6. The van der Waals surface area contributed by atoms with Crippen molar-refractivity contribution in [3.63, 3.8) is 0 Å². The maximum absolute atomic E-state index is 10.3. The third-order valence-corrected chi connectivity index (χ3v) is 4.94. The van der Waals surface area contributed by atoms with Crippen LogP contribution in [0.4, 0.5) is 0 Å². The Balaban J connectivity index is 1.80. The Morgan fingerprint density at radius 3 is 2.48 bits per heavy atom. The molecule has 0 amide bonds. The Morgan fingerprint density at radius 1 is 1.14 bits per heavy atom. The minimum Gasteiger partial charge on any atom is -0.386 e. The van der Waals surface area contributed by atoms with Crippen LogP contribution in [0.25, 0.3) is 0 Å². The molecule has 4 unspecified atom stereocenters. The number of aliphatic hydroxyl groups is 1. The molecule has 1 fully saturated rings. The van der Waals surface area contributed by atoms with E-state index in [0.717, 1.165) is 43.1 Å². The largest absolute Gasteiger partial charge is 0.386 e. The summed E-state index contributed by atoms with van der Waals surface area (Å²) in [5, 5.41) is 10.3. The Kier molecular flexibility index (Phi) is 6.25. The van der Waals surface area contributed by atoms with Gasteiger partial charge in [-0.2, -0.15) is 0 Å². The molecule has 1 aliphatic rings. The monoisotopic (exact) mass is 290 g/mol. The average Bonchev–Trinajstić information content (AvgIpc) is 2.49. The summed E-state index contributed by atoms with van der Waals surface area (Å²) in [4.78, 5) is 0. The summed E-state index contributed by atoms with van der Waals surface area (Å²) in [5.74, 6) is 1.54. The van der Waals surface area contributed by atoms with Gasteiger partial charge in [-0.05, 0) is 48.6 Å². The fourth-order valence-electron chi connectivity index (χ4n) is 3.17. The lowest BCUT2D eigenvalue weighted by Crippen LogP contribution is -2.28. The van der Waals surface area contributed by atoms with Crippen LogP contribution < -0.4 is 0 Å². The zero-order valence-electron chi connectivity index (χ0n) is 13.7. The number of aryl methyl sites for hydroxylation is 1. The van der Waals surface area contributed by atoms with Gasteiger partial charge in [0.2, 0.25) is 0 Å². The van der Waals surface area contributed by atoms with Crippen molar-refractivity contribution in [3.8, 4) is 0 Å². The van der Waals surface area contributed by atoms with Crippen molar-refractivity contribution in [1.82, 2.24) is 0 Å². The van der Waals surface area contributed by atoms with Gasteiger partial charge in [-0.3, -0.25) is 0 Å². The molecule has 0 aromatic heterocycles. The minimum atomic E-state index is -0.504. The molecule has 4 atom stereocenters. The molecule has 1 N–H and O–H groups in total. The average molecular weight is 290 g/mol. The molecule has 1 aromatic rings. The van der Waals surface area contributed by atoms with E-state index >= 15 is 0 Å². The van der Waals surface area contributed by atoms with E-state index in [1.54, 1.807) is 0 Å². The first-order valence-corrected chi connectivity index (χ1v) is 8.48. The third kappa shape index (κ3) is 4.82. The SMILES string of the molecule is CCCc1ccc(C(O)COC2CCC(C)C(C)C2)cc1. The summed E-state index contributed by atoms with van der Waals surface area (Å²) in [6.45, 7) is 7.23. The summed E-state index contributed by atoms with van der Waals surface area (Å²) in [6.07, 6.45) is 5.58. The van der Waals surface area contributed by atoms with Crippen LogP contribution in [0.3, 0.4) is 0 Å². The van der Waals surface area contributed by atoms with Crippen LogP contribution in [-0.4, -0.2) is 17.8 Å². The molecule has 1 saturated carbocycles. The minimum absolute atomic E-state index is 0.324. The smallest absolute Gasteiger partial charge is 0.102 e. The highest BCUT2D eigenvalue weighted by Gasteiger charge is 2.25. The van der Waals surface area contributed by atoms with E-state index in [0.29, 0.717) is 12.7 Å². The van der Waals surface area contributed by atoms with Crippen molar-refractivity contribution < 1.29 is 9.84 Å². The summed E-state index contributed by atoms with van der Waals surface area (Å²) in [7, 11) is 0. The number of hydrogen-bond acceptors (Lipinski definition) is 2. The summed E-state index contributed by atoms with van der Waals surface area (Å²) in [5.41, 5.74) is 2.30. The summed E-state index contributed by atoms with van der Waals surface area (Å²) < 4.78 is 5.95. The lowest BCUT2D eigenvalue weighted by Gasteiger charge is -2.32. The van der Waals surface area contributed by atoms with Gasteiger partial charge in [-0.1, -0.05) is 51.5 Å². The van der Waals surface area contributed by atoms with Crippen LogP contribution in [0.1, 0.15) is 63.7 Å². The normalized spacial score (nSPS) is 27.5. The summed E-state index contributed by atoms with van der Waals surface area (Å²) in [6, 6.07) is 8.30. The van der Waals surface area contributed by atoms with Crippen LogP contribution in [0, 0.1) is 11.8 Å². The fourth-order valence-corrected chi connectivity index (χ4v) is 3.17. The van der Waals surface area contributed by atoms with Crippen molar-refractivity contribution in [2.75, 3.05) is 6.61 Å². The predicted octanol–water partition coefficient (Wildman–Crippen LogP) is 4.51. The first kappa shape index (κ1) is 16.5. The predicted molar refractivity (Wildman–Crippen MR) is 87.3 cm³/mol. The van der Waals surface area contributed by atoms with Crippen molar-refractivity contribution in [2.45, 2.75) is 65.1 Å². The Hall–Kier alpha value is -0.860. The molecule has 0 heterocycles. The molecule has 2 rings (SSSR count). The second-order valence-electron chi connectivity index (χ2n) is 6.73. The van der Waals surface area contributed by atoms with Gasteiger partial charge in [0.15, 0.2) is 0 Å². The van der Waals surface area contributed by atoms with Gasteiger partial charge in [-0.15, -0.1) is 0 Å². The molecule has 0 aliphatic heterocycles. The topological polar surface area (TPSA) is 29.5 Å². The van der Waals surface area contributed by atoms with E-state index in [9.17, 15) is 5.11 Å². The first-order valence-electron chi connectivity index (χ1n) is 8.48. The molecule has 0 saturated heterocycles. The van der Waals surface area contributed by atoms with Crippen LogP contribution in [-0.2, 0) is 11.2 Å².